The van der Waals surface area contributed by atoms with Crippen molar-refractivity contribution in [2.24, 2.45) is 0 Å². The van der Waals surface area contributed by atoms with Crippen molar-refractivity contribution < 1.29 is 24.0 Å². The average Bonchev–Trinajstić information content (AvgIpc) is 2.75. The number of fused-ring (bicyclic) bond motifs is 1. The Morgan fingerprint density at radius 2 is 1.70 bits per heavy atom. The Morgan fingerprint density at radius 3 is 2.17 bits per heavy atom. The lowest BCUT2D eigenvalue weighted by Gasteiger charge is -2.15. The van der Waals surface area contributed by atoms with E-state index in [-0.39, 0.29) is 11.1 Å². The van der Waals surface area contributed by atoms with E-state index >= 15 is 0 Å². The summed E-state index contributed by atoms with van der Waals surface area (Å²) < 4.78 is 14.2. The van der Waals surface area contributed by atoms with Crippen LogP contribution in [0.2, 0.25) is 5.02 Å². The number of imide groups is 1. The van der Waals surface area contributed by atoms with E-state index in [0.717, 1.165) is 0 Å². The molecule has 0 atom stereocenters. The summed E-state index contributed by atoms with van der Waals surface area (Å²) >= 11 is 5.52. The molecule has 0 fully saturated rings. The van der Waals surface area contributed by atoms with Gasteiger partial charge >= 0.3 is 5.69 Å². The molecule has 2 aromatic carbocycles. The molecule has 0 unspecified atom stereocenters. The number of benzene rings is 2. The van der Waals surface area contributed by atoms with Crippen LogP contribution in [0.15, 0.2) is 30.3 Å². The van der Waals surface area contributed by atoms with Crippen molar-refractivity contribution in [3.8, 4) is 5.75 Å². The van der Waals surface area contributed by atoms with Crippen LogP contribution in [-0.2, 0) is 0 Å². The van der Waals surface area contributed by atoms with Gasteiger partial charge < -0.3 is 5.11 Å². The van der Waals surface area contributed by atoms with Crippen molar-refractivity contribution in [1.29, 1.82) is 0 Å². The van der Waals surface area contributed by atoms with Crippen LogP contribution in [0, 0.1) is 15.9 Å². The number of carbonyl (C=O) groups excluding carboxylic acids is 2. The van der Waals surface area contributed by atoms with Gasteiger partial charge in [0.25, 0.3) is 11.8 Å². The Bertz CT molecular complexity index is 864. The standard InChI is InChI=1S/C14H6ClFN2O5/c15-8-5-9(16)10(11(12(8)19)18(22)23)17-13(20)6-3-1-2-4-7(6)14(17)21/h1-5,19H. The van der Waals surface area contributed by atoms with Gasteiger partial charge in [0.05, 0.1) is 21.1 Å². The Labute approximate surface area is 132 Å². The van der Waals surface area contributed by atoms with E-state index in [1.54, 1.807) is 0 Å². The Hall–Kier alpha value is -3.00. The molecule has 0 aliphatic carbocycles. The molecule has 2 amide bonds. The second-order valence-corrected chi connectivity index (χ2v) is 5.04. The fraction of sp³-hybridized carbons (Fsp3) is 0. The first-order valence-electron chi connectivity index (χ1n) is 6.17. The number of rotatable bonds is 2. The quantitative estimate of drug-likeness (QED) is 0.516. The number of anilines is 1. The lowest BCUT2D eigenvalue weighted by Crippen LogP contribution is -2.31. The van der Waals surface area contributed by atoms with E-state index in [4.69, 9.17) is 11.6 Å². The molecule has 0 radical (unpaired) electrons. The molecule has 0 saturated carbocycles. The Morgan fingerprint density at radius 1 is 1.17 bits per heavy atom. The van der Waals surface area contributed by atoms with Crippen molar-refractivity contribution in [1.82, 2.24) is 0 Å². The number of halogens is 2. The van der Waals surface area contributed by atoms with Crippen molar-refractivity contribution in [3.63, 3.8) is 0 Å². The minimum Gasteiger partial charge on any atom is -0.501 e. The third-order valence-electron chi connectivity index (χ3n) is 3.35. The number of amides is 2. The lowest BCUT2D eigenvalue weighted by atomic mass is 10.1. The maximum Gasteiger partial charge on any atom is 0.339 e. The number of nitro groups is 1. The maximum atomic E-state index is 14.2. The Kier molecular flexibility index (Phi) is 3.26. The second-order valence-electron chi connectivity index (χ2n) is 4.63. The predicted molar refractivity (Wildman–Crippen MR) is 77.3 cm³/mol. The summed E-state index contributed by atoms with van der Waals surface area (Å²) in [5.74, 6) is -4.14. The summed E-state index contributed by atoms with van der Waals surface area (Å²) in [7, 11) is 0. The number of hydrogen-bond donors (Lipinski definition) is 1. The zero-order valence-electron chi connectivity index (χ0n) is 11.1. The van der Waals surface area contributed by atoms with Gasteiger partial charge in [-0.3, -0.25) is 19.7 Å². The third kappa shape index (κ3) is 2.03. The Balaban J connectivity index is 2.29. The SMILES string of the molecule is O=C1c2ccccc2C(=O)N1c1c(F)cc(Cl)c(O)c1[N+](=O)[O-]. The number of aromatic hydroxyl groups is 1. The average molecular weight is 337 g/mol. The molecule has 2 aromatic rings. The van der Waals surface area contributed by atoms with Gasteiger partial charge in [-0.1, -0.05) is 23.7 Å². The number of phenols is 1. The van der Waals surface area contributed by atoms with E-state index in [2.05, 4.69) is 0 Å². The van der Waals surface area contributed by atoms with Gasteiger partial charge in [-0.05, 0) is 18.2 Å². The van der Waals surface area contributed by atoms with Crippen LogP contribution in [0.5, 0.6) is 5.75 Å². The number of nitrogens with zero attached hydrogens (tertiary/aromatic N) is 2. The smallest absolute Gasteiger partial charge is 0.339 e. The number of nitro benzene ring substituents is 1. The van der Waals surface area contributed by atoms with Gasteiger partial charge in [0.2, 0.25) is 5.75 Å². The van der Waals surface area contributed by atoms with E-state index in [1.165, 1.54) is 24.3 Å². The largest absolute Gasteiger partial charge is 0.501 e. The fourth-order valence-electron chi connectivity index (χ4n) is 2.36. The second kappa shape index (κ2) is 5.03. The molecule has 0 aromatic heterocycles. The number of hydrogen-bond acceptors (Lipinski definition) is 5. The summed E-state index contributed by atoms with van der Waals surface area (Å²) in [6.45, 7) is 0. The van der Waals surface area contributed by atoms with Crippen molar-refractivity contribution in [2.75, 3.05) is 4.90 Å². The van der Waals surface area contributed by atoms with Gasteiger partial charge in [-0.2, -0.15) is 0 Å². The van der Waals surface area contributed by atoms with Crippen LogP contribution < -0.4 is 4.90 Å². The molecule has 1 N–H and O–H groups in total. The van der Waals surface area contributed by atoms with Crippen LogP contribution >= 0.6 is 11.6 Å². The first-order chi connectivity index (χ1) is 10.8. The summed E-state index contributed by atoms with van der Waals surface area (Å²) in [6, 6.07) is 6.28. The summed E-state index contributed by atoms with van der Waals surface area (Å²) in [5, 5.41) is 20.3. The molecular weight excluding hydrogens is 331 g/mol. The zero-order valence-corrected chi connectivity index (χ0v) is 11.9. The van der Waals surface area contributed by atoms with E-state index < -0.39 is 44.7 Å². The van der Waals surface area contributed by atoms with Crippen LogP contribution in [-0.4, -0.2) is 21.8 Å². The molecule has 7 nitrogen and oxygen atoms in total. The van der Waals surface area contributed by atoms with Gasteiger partial charge in [-0.15, -0.1) is 0 Å². The molecule has 0 bridgehead atoms. The van der Waals surface area contributed by atoms with Crippen LogP contribution in [0.3, 0.4) is 0 Å². The van der Waals surface area contributed by atoms with Gasteiger partial charge in [0.1, 0.15) is 0 Å². The number of carbonyl (C=O) groups is 2. The highest BCUT2D eigenvalue weighted by atomic mass is 35.5. The van der Waals surface area contributed by atoms with Crippen LogP contribution in [0.4, 0.5) is 15.8 Å². The molecule has 116 valence electrons. The van der Waals surface area contributed by atoms with Crippen molar-refractivity contribution in [3.05, 3.63) is 62.4 Å². The first-order valence-corrected chi connectivity index (χ1v) is 6.55. The molecular formula is C14H6ClFN2O5. The third-order valence-corrected chi connectivity index (χ3v) is 3.64. The topological polar surface area (TPSA) is 101 Å². The number of phenolic OH excluding ortho intramolecular Hbond substituents is 1. The summed E-state index contributed by atoms with van der Waals surface area (Å²) in [6.07, 6.45) is 0. The zero-order chi connectivity index (χ0) is 16.9. The molecule has 1 aliphatic heterocycles. The highest BCUT2D eigenvalue weighted by Crippen LogP contribution is 2.45. The maximum absolute atomic E-state index is 14.2. The van der Waals surface area contributed by atoms with Gasteiger partial charge in [0.15, 0.2) is 11.5 Å². The van der Waals surface area contributed by atoms with Crippen LogP contribution in [0.25, 0.3) is 0 Å². The molecule has 9 heteroatoms. The minimum atomic E-state index is -1.27. The fourth-order valence-corrected chi connectivity index (χ4v) is 2.55. The monoisotopic (exact) mass is 336 g/mol. The summed E-state index contributed by atoms with van der Waals surface area (Å²) in [5.41, 5.74) is -2.12. The van der Waals surface area contributed by atoms with E-state index in [0.29, 0.717) is 11.0 Å². The molecule has 3 rings (SSSR count). The highest BCUT2D eigenvalue weighted by molar-refractivity contribution is 6.36. The van der Waals surface area contributed by atoms with Crippen molar-refractivity contribution in [2.45, 2.75) is 0 Å². The van der Waals surface area contributed by atoms with Crippen molar-refractivity contribution >= 4 is 34.8 Å². The van der Waals surface area contributed by atoms with Gasteiger partial charge in [0, 0.05) is 0 Å². The predicted octanol–water partition coefficient (Wildman–Crippen LogP) is 2.89. The summed E-state index contributed by atoms with van der Waals surface area (Å²) in [4.78, 5) is 35.0. The van der Waals surface area contributed by atoms with Gasteiger partial charge in [-0.25, -0.2) is 9.29 Å². The van der Waals surface area contributed by atoms with Crippen LogP contribution in [0.1, 0.15) is 20.7 Å². The molecule has 0 saturated heterocycles. The molecule has 23 heavy (non-hydrogen) atoms. The van der Waals surface area contributed by atoms with E-state index in [1.807, 2.05) is 0 Å². The highest BCUT2D eigenvalue weighted by Gasteiger charge is 2.43. The first kappa shape index (κ1) is 14.9. The lowest BCUT2D eigenvalue weighted by molar-refractivity contribution is -0.385. The molecule has 1 aliphatic rings. The van der Waals surface area contributed by atoms with E-state index in [9.17, 15) is 29.2 Å². The molecule has 1 heterocycles. The molecule has 0 spiro atoms. The minimum absolute atomic E-state index is 0.0133. The normalized spacial score (nSPS) is 13.4.